The molecule has 0 atom stereocenters. The van der Waals surface area contributed by atoms with Crippen LogP contribution in [0.4, 0.5) is 0 Å². The Morgan fingerprint density at radius 3 is 2.93 bits per heavy atom. The number of furan rings is 1. The highest BCUT2D eigenvalue weighted by Crippen LogP contribution is 2.22. The number of aromatic nitrogens is 1. The average Bonchev–Trinajstić information content (AvgIpc) is 2.63. The lowest BCUT2D eigenvalue weighted by Gasteiger charge is -2.04. The van der Waals surface area contributed by atoms with Gasteiger partial charge in [-0.05, 0) is 40.2 Å². The highest BCUT2D eigenvalue weighted by Gasteiger charge is 2.04. The Balaban J connectivity index is 2.02. The zero-order valence-corrected chi connectivity index (χ0v) is 9.96. The number of nitrogens with zero attached hydrogens (tertiary/aromatic N) is 1. The highest BCUT2D eigenvalue weighted by atomic mass is 79.9. The van der Waals surface area contributed by atoms with E-state index in [1.54, 1.807) is 18.3 Å². The van der Waals surface area contributed by atoms with Crippen LogP contribution in [0.1, 0.15) is 5.76 Å². The van der Waals surface area contributed by atoms with Crippen molar-refractivity contribution in [1.29, 1.82) is 0 Å². The molecule has 0 fully saturated rings. The lowest BCUT2D eigenvalue weighted by molar-refractivity contribution is 0.267. The van der Waals surface area contributed by atoms with Gasteiger partial charge in [-0.1, -0.05) is 11.6 Å². The van der Waals surface area contributed by atoms with Crippen LogP contribution >= 0.6 is 27.5 Å². The summed E-state index contributed by atoms with van der Waals surface area (Å²) in [6, 6.07) is 7.16. The third-order valence-corrected chi connectivity index (χ3v) is 2.43. The van der Waals surface area contributed by atoms with Crippen molar-refractivity contribution < 1.29 is 9.15 Å². The van der Waals surface area contributed by atoms with Crippen molar-refractivity contribution in [2.45, 2.75) is 6.61 Å². The van der Waals surface area contributed by atoms with Gasteiger partial charge in [0, 0.05) is 6.20 Å². The fourth-order valence-corrected chi connectivity index (χ4v) is 1.57. The van der Waals surface area contributed by atoms with Crippen molar-refractivity contribution in [2.24, 2.45) is 0 Å². The summed E-state index contributed by atoms with van der Waals surface area (Å²) in [5.41, 5.74) is 0. The largest absolute Gasteiger partial charge is 0.482 e. The minimum absolute atomic E-state index is 0.330. The van der Waals surface area contributed by atoms with Gasteiger partial charge in [0.25, 0.3) is 0 Å². The van der Waals surface area contributed by atoms with Crippen molar-refractivity contribution in [3.8, 4) is 5.75 Å². The second kappa shape index (κ2) is 4.68. The summed E-state index contributed by atoms with van der Waals surface area (Å²) in [7, 11) is 0. The van der Waals surface area contributed by atoms with E-state index in [9.17, 15) is 0 Å². The maximum atomic E-state index is 5.82. The van der Waals surface area contributed by atoms with E-state index in [1.165, 1.54) is 0 Å². The van der Waals surface area contributed by atoms with Crippen LogP contribution in [0.3, 0.4) is 0 Å². The minimum atomic E-state index is 0.330. The zero-order chi connectivity index (χ0) is 10.7. The third kappa shape index (κ3) is 2.73. The van der Waals surface area contributed by atoms with Crippen LogP contribution in [0.25, 0.3) is 0 Å². The van der Waals surface area contributed by atoms with Gasteiger partial charge in [0.2, 0.25) is 0 Å². The molecular formula is C10H7BrClNO2. The van der Waals surface area contributed by atoms with Crippen LogP contribution in [-0.4, -0.2) is 4.98 Å². The minimum Gasteiger partial charge on any atom is -0.482 e. The number of hydrogen-bond donors (Lipinski definition) is 0. The lowest BCUT2D eigenvalue weighted by Crippen LogP contribution is -1.94. The summed E-state index contributed by atoms with van der Waals surface area (Å²) < 4.78 is 11.4. The molecule has 3 nitrogen and oxygen atoms in total. The summed E-state index contributed by atoms with van der Waals surface area (Å²) in [5.74, 6) is 1.27. The first-order chi connectivity index (χ1) is 7.25. The van der Waals surface area contributed by atoms with Crippen LogP contribution in [0.2, 0.25) is 5.15 Å². The predicted octanol–water partition coefficient (Wildman–Crippen LogP) is 3.67. The summed E-state index contributed by atoms with van der Waals surface area (Å²) in [6.45, 7) is 0.330. The molecule has 0 aliphatic heterocycles. The maximum Gasteiger partial charge on any atom is 0.171 e. The Kier molecular flexibility index (Phi) is 3.28. The Morgan fingerprint density at radius 1 is 1.40 bits per heavy atom. The van der Waals surface area contributed by atoms with Gasteiger partial charge in [-0.2, -0.15) is 0 Å². The number of hydrogen-bond acceptors (Lipinski definition) is 3. The lowest BCUT2D eigenvalue weighted by atomic mass is 10.4. The van der Waals surface area contributed by atoms with Crippen molar-refractivity contribution in [3.05, 3.63) is 46.0 Å². The van der Waals surface area contributed by atoms with E-state index in [0.29, 0.717) is 22.2 Å². The van der Waals surface area contributed by atoms with E-state index < -0.39 is 0 Å². The number of halogens is 2. The van der Waals surface area contributed by atoms with Gasteiger partial charge in [0.15, 0.2) is 15.6 Å². The summed E-state index contributed by atoms with van der Waals surface area (Å²) >= 11 is 9.03. The number of ether oxygens (including phenoxy) is 1. The molecule has 2 aromatic heterocycles. The molecule has 0 saturated carbocycles. The van der Waals surface area contributed by atoms with E-state index >= 15 is 0 Å². The van der Waals surface area contributed by atoms with Gasteiger partial charge in [-0.15, -0.1) is 0 Å². The molecule has 2 rings (SSSR count). The van der Waals surface area contributed by atoms with E-state index in [2.05, 4.69) is 20.9 Å². The first-order valence-corrected chi connectivity index (χ1v) is 5.40. The first-order valence-electron chi connectivity index (χ1n) is 4.23. The molecule has 0 radical (unpaired) electrons. The molecule has 2 heterocycles. The van der Waals surface area contributed by atoms with Crippen LogP contribution in [0, 0.1) is 0 Å². The molecule has 2 aromatic rings. The molecular weight excluding hydrogens is 281 g/mol. The van der Waals surface area contributed by atoms with Crippen LogP contribution in [-0.2, 0) is 6.61 Å². The maximum absolute atomic E-state index is 5.82. The summed E-state index contributed by atoms with van der Waals surface area (Å²) in [6.07, 6.45) is 1.61. The van der Waals surface area contributed by atoms with Gasteiger partial charge in [-0.3, -0.25) is 0 Å². The Morgan fingerprint density at radius 2 is 2.27 bits per heavy atom. The molecule has 0 unspecified atom stereocenters. The Bertz CT molecular complexity index is 458. The molecule has 0 N–H and O–H groups in total. The fraction of sp³-hybridized carbons (Fsp3) is 0.100. The van der Waals surface area contributed by atoms with Crippen LogP contribution in [0.15, 0.2) is 39.5 Å². The molecule has 0 spiro atoms. The van der Waals surface area contributed by atoms with Gasteiger partial charge in [-0.25, -0.2) is 4.98 Å². The molecule has 0 aromatic carbocycles. The second-order valence-corrected chi connectivity index (χ2v) is 3.93. The van der Waals surface area contributed by atoms with Gasteiger partial charge >= 0.3 is 0 Å². The quantitative estimate of drug-likeness (QED) is 0.808. The van der Waals surface area contributed by atoms with E-state index in [0.717, 1.165) is 5.76 Å². The van der Waals surface area contributed by atoms with E-state index in [4.69, 9.17) is 20.8 Å². The molecule has 0 bridgehead atoms. The number of rotatable bonds is 3. The molecule has 0 saturated heterocycles. The summed E-state index contributed by atoms with van der Waals surface area (Å²) in [4.78, 5) is 3.90. The van der Waals surface area contributed by atoms with Crippen molar-refractivity contribution in [1.82, 2.24) is 4.98 Å². The second-order valence-electron chi connectivity index (χ2n) is 2.79. The van der Waals surface area contributed by atoms with Gasteiger partial charge in [0.05, 0.1) is 0 Å². The normalized spacial score (nSPS) is 10.3. The van der Waals surface area contributed by atoms with Crippen LogP contribution < -0.4 is 4.74 Å². The molecule has 0 aliphatic rings. The monoisotopic (exact) mass is 287 g/mol. The van der Waals surface area contributed by atoms with Crippen molar-refractivity contribution in [3.63, 3.8) is 0 Å². The molecule has 0 amide bonds. The summed E-state index contributed by atoms with van der Waals surface area (Å²) in [5, 5.41) is 0.350. The van der Waals surface area contributed by atoms with Crippen molar-refractivity contribution >= 4 is 27.5 Å². The van der Waals surface area contributed by atoms with Crippen molar-refractivity contribution in [2.75, 3.05) is 0 Å². The fourth-order valence-electron chi connectivity index (χ4n) is 1.06. The topological polar surface area (TPSA) is 35.3 Å². The smallest absolute Gasteiger partial charge is 0.171 e. The SMILES string of the molecule is Clc1ncccc1OCc1ccc(Br)o1. The molecule has 0 aliphatic carbocycles. The average molecular weight is 289 g/mol. The number of pyridine rings is 1. The molecule has 5 heteroatoms. The first kappa shape index (κ1) is 10.5. The van der Waals surface area contributed by atoms with Crippen LogP contribution in [0.5, 0.6) is 5.75 Å². The Labute approximate surface area is 100 Å². The molecule has 15 heavy (non-hydrogen) atoms. The zero-order valence-electron chi connectivity index (χ0n) is 7.61. The van der Waals surface area contributed by atoms with E-state index in [-0.39, 0.29) is 0 Å². The van der Waals surface area contributed by atoms with Gasteiger partial charge < -0.3 is 9.15 Å². The van der Waals surface area contributed by atoms with E-state index in [1.807, 2.05) is 12.1 Å². The predicted molar refractivity (Wildman–Crippen MR) is 60.0 cm³/mol. The highest BCUT2D eigenvalue weighted by molar-refractivity contribution is 9.10. The molecule has 78 valence electrons. The Hall–Kier alpha value is -1.000. The third-order valence-electron chi connectivity index (χ3n) is 1.72. The standard InChI is InChI=1S/C10H7BrClNO2/c11-9-4-3-7(15-9)6-14-8-2-1-5-13-10(8)12/h1-5H,6H2. The van der Waals surface area contributed by atoms with Gasteiger partial charge in [0.1, 0.15) is 12.4 Å².